The van der Waals surface area contributed by atoms with Crippen molar-refractivity contribution in [3.05, 3.63) is 60.4 Å². The molecule has 1 aromatic carbocycles. The zero-order chi connectivity index (χ0) is 17.6. The minimum Gasteiger partial charge on any atom is -0.460 e. The topological polar surface area (TPSA) is 73.2 Å². The van der Waals surface area contributed by atoms with Crippen molar-refractivity contribution >= 4 is 28.6 Å². The number of carbonyl (C=O) groups excluding carboxylic acids is 2. The third-order valence-corrected chi connectivity index (χ3v) is 3.80. The Bertz CT molecular complexity index is 887. The van der Waals surface area contributed by atoms with E-state index in [9.17, 15) is 9.59 Å². The van der Waals surface area contributed by atoms with Crippen molar-refractivity contribution in [3.8, 4) is 0 Å². The number of fused-ring (bicyclic) bond motifs is 1. The van der Waals surface area contributed by atoms with Crippen LogP contribution in [-0.4, -0.2) is 28.0 Å². The molecule has 0 aliphatic carbocycles. The van der Waals surface area contributed by atoms with Crippen molar-refractivity contribution in [1.29, 1.82) is 0 Å². The molecule has 0 fully saturated rings. The normalized spacial score (nSPS) is 10.6. The molecule has 1 N–H and O–H groups in total. The standard InChI is InChI=1S/C19H19N3O3/c1-2-17(23)21-16-13-22(18-15(16)9-6-10-20-18)11-12-25-19(24)14-7-4-3-5-8-14/h3-10,13H,2,11-12H2,1H3,(H,21,23). The largest absolute Gasteiger partial charge is 0.460 e. The molecular formula is C19H19N3O3. The number of nitrogens with one attached hydrogen (secondary N) is 1. The quantitative estimate of drug-likeness (QED) is 0.701. The number of esters is 1. The molecule has 3 aromatic rings. The van der Waals surface area contributed by atoms with E-state index in [4.69, 9.17) is 4.74 Å². The number of hydrogen-bond acceptors (Lipinski definition) is 4. The van der Waals surface area contributed by atoms with Gasteiger partial charge < -0.3 is 14.6 Å². The number of amides is 1. The Kier molecular flexibility index (Phi) is 5.09. The maximum Gasteiger partial charge on any atom is 0.338 e. The molecule has 0 saturated carbocycles. The van der Waals surface area contributed by atoms with E-state index in [0.717, 1.165) is 11.0 Å². The first-order valence-electron chi connectivity index (χ1n) is 8.15. The lowest BCUT2D eigenvalue weighted by Gasteiger charge is -2.06. The predicted octanol–water partition coefficient (Wildman–Crippen LogP) is 3.24. The number of rotatable bonds is 6. The summed E-state index contributed by atoms with van der Waals surface area (Å²) in [5.74, 6) is -0.414. The molecule has 0 saturated heterocycles. The molecule has 2 aromatic heterocycles. The van der Waals surface area contributed by atoms with E-state index in [0.29, 0.717) is 24.2 Å². The van der Waals surface area contributed by atoms with Crippen molar-refractivity contribution in [2.45, 2.75) is 19.9 Å². The van der Waals surface area contributed by atoms with E-state index in [-0.39, 0.29) is 18.5 Å². The molecule has 0 aliphatic heterocycles. The van der Waals surface area contributed by atoms with Crippen molar-refractivity contribution in [3.63, 3.8) is 0 Å². The van der Waals surface area contributed by atoms with Crippen molar-refractivity contribution < 1.29 is 14.3 Å². The summed E-state index contributed by atoms with van der Waals surface area (Å²) in [7, 11) is 0. The van der Waals surface area contributed by atoms with Gasteiger partial charge in [-0.3, -0.25) is 4.79 Å². The van der Waals surface area contributed by atoms with Crippen LogP contribution < -0.4 is 5.32 Å². The molecule has 0 spiro atoms. The Morgan fingerprint density at radius 3 is 2.72 bits per heavy atom. The van der Waals surface area contributed by atoms with Crippen LogP contribution in [0.5, 0.6) is 0 Å². The van der Waals surface area contributed by atoms with Crippen LogP contribution in [0.2, 0.25) is 0 Å². The highest BCUT2D eigenvalue weighted by Crippen LogP contribution is 2.24. The number of anilines is 1. The first-order valence-corrected chi connectivity index (χ1v) is 8.15. The van der Waals surface area contributed by atoms with Crippen LogP contribution in [0.4, 0.5) is 5.69 Å². The molecule has 6 nitrogen and oxygen atoms in total. The molecule has 25 heavy (non-hydrogen) atoms. The second-order valence-electron chi connectivity index (χ2n) is 5.51. The molecule has 0 bridgehead atoms. The Labute approximate surface area is 145 Å². The average molecular weight is 337 g/mol. The maximum absolute atomic E-state index is 12.0. The van der Waals surface area contributed by atoms with Gasteiger partial charge in [0.15, 0.2) is 0 Å². The van der Waals surface area contributed by atoms with E-state index < -0.39 is 0 Å². The Hall–Kier alpha value is -3.15. The van der Waals surface area contributed by atoms with Crippen LogP contribution in [0.15, 0.2) is 54.9 Å². The highest BCUT2D eigenvalue weighted by molar-refractivity contribution is 6.00. The molecule has 6 heteroatoms. The monoisotopic (exact) mass is 337 g/mol. The highest BCUT2D eigenvalue weighted by Gasteiger charge is 2.12. The molecule has 0 unspecified atom stereocenters. The van der Waals surface area contributed by atoms with Gasteiger partial charge in [-0.15, -0.1) is 0 Å². The van der Waals surface area contributed by atoms with Gasteiger partial charge in [-0.1, -0.05) is 25.1 Å². The number of hydrogen-bond donors (Lipinski definition) is 1. The van der Waals surface area contributed by atoms with Crippen LogP contribution in [-0.2, 0) is 16.1 Å². The number of benzene rings is 1. The fraction of sp³-hybridized carbons (Fsp3) is 0.211. The molecule has 0 atom stereocenters. The third-order valence-electron chi connectivity index (χ3n) is 3.80. The Balaban J connectivity index is 1.71. The van der Waals surface area contributed by atoms with Gasteiger partial charge in [-0.2, -0.15) is 0 Å². The fourth-order valence-corrected chi connectivity index (χ4v) is 2.53. The first-order chi connectivity index (χ1) is 12.2. The van der Waals surface area contributed by atoms with Crippen LogP contribution >= 0.6 is 0 Å². The fourth-order valence-electron chi connectivity index (χ4n) is 2.53. The number of aromatic nitrogens is 2. The lowest BCUT2D eigenvalue weighted by molar-refractivity contribution is -0.115. The number of ether oxygens (including phenoxy) is 1. The second-order valence-corrected chi connectivity index (χ2v) is 5.51. The summed E-state index contributed by atoms with van der Waals surface area (Å²) in [6.45, 7) is 2.47. The minimum atomic E-state index is -0.357. The van der Waals surface area contributed by atoms with E-state index >= 15 is 0 Å². The van der Waals surface area contributed by atoms with Crippen LogP contribution in [0.25, 0.3) is 11.0 Å². The zero-order valence-electron chi connectivity index (χ0n) is 13.9. The summed E-state index contributed by atoms with van der Waals surface area (Å²) in [5.41, 5.74) is 1.97. The van der Waals surface area contributed by atoms with Crippen molar-refractivity contribution in [1.82, 2.24) is 9.55 Å². The van der Waals surface area contributed by atoms with Crippen LogP contribution in [0.1, 0.15) is 23.7 Å². The summed E-state index contributed by atoms with van der Waals surface area (Å²) in [4.78, 5) is 28.0. The van der Waals surface area contributed by atoms with Gasteiger partial charge in [0.2, 0.25) is 5.91 Å². The number of pyridine rings is 1. The zero-order valence-corrected chi connectivity index (χ0v) is 13.9. The Morgan fingerprint density at radius 2 is 1.96 bits per heavy atom. The predicted molar refractivity (Wildman–Crippen MR) is 95.4 cm³/mol. The third kappa shape index (κ3) is 3.85. The summed E-state index contributed by atoms with van der Waals surface area (Å²) in [6.07, 6.45) is 3.92. The van der Waals surface area contributed by atoms with Gasteiger partial charge >= 0.3 is 5.97 Å². The molecule has 1 amide bonds. The summed E-state index contributed by atoms with van der Waals surface area (Å²) in [6, 6.07) is 12.6. The molecular weight excluding hydrogens is 318 g/mol. The highest BCUT2D eigenvalue weighted by atomic mass is 16.5. The van der Waals surface area contributed by atoms with E-state index in [1.165, 1.54) is 0 Å². The number of carbonyl (C=O) groups is 2. The molecule has 0 radical (unpaired) electrons. The lowest BCUT2D eigenvalue weighted by atomic mass is 10.2. The van der Waals surface area contributed by atoms with E-state index in [1.54, 1.807) is 37.4 Å². The summed E-state index contributed by atoms with van der Waals surface area (Å²) < 4.78 is 7.19. The molecule has 0 aliphatic rings. The van der Waals surface area contributed by atoms with E-state index in [2.05, 4.69) is 10.3 Å². The SMILES string of the molecule is CCC(=O)Nc1cn(CCOC(=O)c2ccccc2)c2ncccc12. The molecule has 2 heterocycles. The van der Waals surface area contributed by atoms with Gasteiger partial charge in [-0.05, 0) is 24.3 Å². The number of nitrogens with zero attached hydrogens (tertiary/aromatic N) is 2. The van der Waals surface area contributed by atoms with Gasteiger partial charge in [0.1, 0.15) is 12.3 Å². The van der Waals surface area contributed by atoms with Crippen molar-refractivity contribution in [2.75, 3.05) is 11.9 Å². The van der Waals surface area contributed by atoms with Crippen LogP contribution in [0.3, 0.4) is 0 Å². The van der Waals surface area contributed by atoms with Gasteiger partial charge in [0.25, 0.3) is 0 Å². The smallest absolute Gasteiger partial charge is 0.338 e. The van der Waals surface area contributed by atoms with Gasteiger partial charge in [0, 0.05) is 24.2 Å². The summed E-state index contributed by atoms with van der Waals surface area (Å²) in [5, 5.41) is 3.73. The Morgan fingerprint density at radius 1 is 1.16 bits per heavy atom. The molecule has 3 rings (SSSR count). The summed E-state index contributed by atoms with van der Waals surface area (Å²) >= 11 is 0. The van der Waals surface area contributed by atoms with Crippen LogP contribution in [0, 0.1) is 0 Å². The van der Waals surface area contributed by atoms with Gasteiger partial charge in [0.05, 0.1) is 17.8 Å². The van der Waals surface area contributed by atoms with Crippen molar-refractivity contribution in [2.24, 2.45) is 0 Å². The lowest BCUT2D eigenvalue weighted by Crippen LogP contribution is -2.11. The maximum atomic E-state index is 12.0. The minimum absolute atomic E-state index is 0.0570. The second kappa shape index (κ2) is 7.61. The average Bonchev–Trinajstić information content (AvgIpc) is 3.00. The first kappa shape index (κ1) is 16.7. The van der Waals surface area contributed by atoms with Gasteiger partial charge in [-0.25, -0.2) is 9.78 Å². The van der Waals surface area contributed by atoms with E-state index in [1.807, 2.05) is 29.0 Å². The molecule has 128 valence electrons.